The lowest BCUT2D eigenvalue weighted by atomic mass is 10.1. The van der Waals surface area contributed by atoms with Crippen molar-refractivity contribution < 1.29 is 49.5 Å². The van der Waals surface area contributed by atoms with Crippen molar-refractivity contribution in [3.63, 3.8) is 0 Å². The summed E-state index contributed by atoms with van der Waals surface area (Å²) < 4.78 is 105. The maximum atomic E-state index is 13.1. The van der Waals surface area contributed by atoms with Gasteiger partial charge >= 0.3 is 18.3 Å². The number of hydrogen-bond donors (Lipinski definition) is 3. The van der Waals surface area contributed by atoms with Crippen molar-refractivity contribution in [3.8, 4) is 0 Å². The minimum Gasteiger partial charge on any atom is -0.478 e. The van der Waals surface area contributed by atoms with Gasteiger partial charge in [0.15, 0.2) is 0 Å². The van der Waals surface area contributed by atoms with Gasteiger partial charge in [-0.3, -0.25) is 9.52 Å². The molecule has 0 saturated carbocycles. The number of carboxylic acid groups (broad SMARTS) is 1. The smallest absolute Gasteiger partial charge is 0.416 e. The number of carbonyl (C=O) groups is 2. The van der Waals surface area contributed by atoms with Crippen LogP contribution in [0, 0.1) is 0 Å². The zero-order valence-electron chi connectivity index (χ0n) is 17.6. The summed E-state index contributed by atoms with van der Waals surface area (Å²) >= 11 is 0. The molecule has 0 aliphatic carbocycles. The predicted molar refractivity (Wildman–Crippen MR) is 115 cm³/mol. The first-order valence-electron chi connectivity index (χ1n) is 9.63. The standard InChI is InChI=1S/C22H14F6N2O5S/c23-21(24,25)14-9-15(22(26,27)28)11-17(10-14)30-36(34,35)18-6-2-3-12(8-18)19(31)29-16-5-1-4-13(7-16)20(32)33/h1-11,30H,(H,29,31)(H,32,33). The highest BCUT2D eigenvalue weighted by atomic mass is 32.2. The highest BCUT2D eigenvalue weighted by Gasteiger charge is 2.37. The Kier molecular flexibility index (Phi) is 7.02. The lowest BCUT2D eigenvalue weighted by molar-refractivity contribution is -0.143. The molecular weight excluding hydrogens is 518 g/mol. The van der Waals surface area contributed by atoms with Crippen molar-refractivity contribution >= 4 is 33.3 Å². The van der Waals surface area contributed by atoms with E-state index in [9.17, 15) is 44.3 Å². The molecule has 3 aromatic rings. The average molecular weight is 532 g/mol. The highest BCUT2D eigenvalue weighted by Crippen LogP contribution is 2.38. The van der Waals surface area contributed by atoms with Gasteiger partial charge in [-0.2, -0.15) is 26.3 Å². The number of hydrogen-bond acceptors (Lipinski definition) is 4. The maximum absolute atomic E-state index is 13.1. The normalized spacial score (nSPS) is 12.2. The third kappa shape index (κ3) is 6.33. The molecule has 14 heteroatoms. The van der Waals surface area contributed by atoms with Crippen LogP contribution >= 0.6 is 0 Å². The predicted octanol–water partition coefficient (Wildman–Crippen LogP) is 5.48. The van der Waals surface area contributed by atoms with Crippen molar-refractivity contribution in [2.24, 2.45) is 0 Å². The fourth-order valence-electron chi connectivity index (χ4n) is 2.97. The fourth-order valence-corrected chi connectivity index (χ4v) is 4.05. The molecule has 0 fully saturated rings. The number of aromatic carboxylic acids is 1. The Morgan fingerprint density at radius 2 is 1.28 bits per heavy atom. The van der Waals surface area contributed by atoms with E-state index in [1.165, 1.54) is 24.3 Å². The van der Waals surface area contributed by atoms with Crippen LogP contribution in [0.5, 0.6) is 0 Å². The summed E-state index contributed by atoms with van der Waals surface area (Å²) in [6.07, 6.45) is -10.4. The van der Waals surface area contributed by atoms with Crippen molar-refractivity contribution in [3.05, 3.63) is 89.0 Å². The molecule has 0 heterocycles. The van der Waals surface area contributed by atoms with E-state index in [4.69, 9.17) is 5.11 Å². The molecule has 190 valence electrons. The van der Waals surface area contributed by atoms with Gasteiger partial charge in [-0.1, -0.05) is 12.1 Å². The number of carbonyl (C=O) groups excluding carboxylic acids is 1. The van der Waals surface area contributed by atoms with Crippen LogP contribution in [0.2, 0.25) is 0 Å². The Morgan fingerprint density at radius 3 is 1.83 bits per heavy atom. The van der Waals surface area contributed by atoms with Gasteiger partial charge < -0.3 is 10.4 Å². The lowest BCUT2D eigenvalue weighted by Crippen LogP contribution is -2.17. The molecule has 36 heavy (non-hydrogen) atoms. The molecule has 0 aliphatic rings. The number of nitrogens with one attached hydrogen (secondary N) is 2. The molecule has 0 radical (unpaired) electrons. The lowest BCUT2D eigenvalue weighted by Gasteiger charge is -2.15. The first-order valence-corrected chi connectivity index (χ1v) is 11.1. The van der Waals surface area contributed by atoms with Crippen LogP contribution in [-0.4, -0.2) is 25.4 Å². The number of alkyl halides is 6. The molecule has 0 aromatic heterocycles. The van der Waals surface area contributed by atoms with Crippen molar-refractivity contribution in [2.75, 3.05) is 10.0 Å². The molecular formula is C22H14F6N2O5S. The zero-order valence-corrected chi connectivity index (χ0v) is 18.4. The third-order valence-corrected chi connectivity index (χ3v) is 5.99. The number of sulfonamides is 1. The van der Waals surface area contributed by atoms with Crippen LogP contribution in [0.15, 0.2) is 71.6 Å². The van der Waals surface area contributed by atoms with E-state index in [0.717, 1.165) is 24.3 Å². The van der Waals surface area contributed by atoms with E-state index in [1.54, 1.807) is 4.72 Å². The molecule has 0 aliphatic heterocycles. The first kappa shape index (κ1) is 26.5. The van der Waals surface area contributed by atoms with Crippen LogP contribution in [0.25, 0.3) is 0 Å². The topological polar surface area (TPSA) is 113 Å². The van der Waals surface area contributed by atoms with Crippen LogP contribution in [0.4, 0.5) is 37.7 Å². The molecule has 3 N–H and O–H groups in total. The summed E-state index contributed by atoms with van der Waals surface area (Å²) in [5.74, 6) is -2.11. The Morgan fingerprint density at radius 1 is 0.722 bits per heavy atom. The van der Waals surface area contributed by atoms with E-state index in [0.29, 0.717) is 0 Å². The largest absolute Gasteiger partial charge is 0.478 e. The second-order valence-corrected chi connectivity index (χ2v) is 8.95. The van der Waals surface area contributed by atoms with Gasteiger partial charge in [0, 0.05) is 11.3 Å². The number of halogens is 6. The Labute approximate surface area is 199 Å². The second-order valence-electron chi connectivity index (χ2n) is 7.27. The molecule has 0 spiro atoms. The minimum atomic E-state index is -5.18. The van der Waals surface area contributed by atoms with Gasteiger partial charge in [0.25, 0.3) is 15.9 Å². The van der Waals surface area contributed by atoms with E-state index in [1.807, 2.05) is 0 Å². The summed E-state index contributed by atoms with van der Waals surface area (Å²) in [6.45, 7) is 0. The number of rotatable bonds is 6. The van der Waals surface area contributed by atoms with E-state index >= 15 is 0 Å². The molecule has 0 saturated heterocycles. The highest BCUT2D eigenvalue weighted by molar-refractivity contribution is 7.92. The Balaban J connectivity index is 1.91. The molecule has 0 unspecified atom stereocenters. The van der Waals surface area contributed by atoms with Gasteiger partial charge in [-0.05, 0) is 54.6 Å². The second kappa shape index (κ2) is 9.53. The zero-order chi connectivity index (χ0) is 26.9. The SMILES string of the molecule is O=C(O)c1cccc(NC(=O)c2cccc(S(=O)(=O)Nc3cc(C(F)(F)F)cc(C(F)(F)F)c3)c2)c1. The summed E-state index contributed by atoms with van der Waals surface area (Å²) in [4.78, 5) is 22.9. The summed E-state index contributed by atoms with van der Waals surface area (Å²) in [5.41, 5.74) is -4.71. The summed E-state index contributed by atoms with van der Waals surface area (Å²) in [6, 6.07) is 9.56. The van der Waals surface area contributed by atoms with Gasteiger partial charge in [0.05, 0.1) is 27.3 Å². The van der Waals surface area contributed by atoms with Crippen LogP contribution in [0.3, 0.4) is 0 Å². The van der Waals surface area contributed by atoms with Crippen molar-refractivity contribution in [1.82, 2.24) is 0 Å². The quantitative estimate of drug-likeness (QED) is 0.364. The average Bonchev–Trinajstić information content (AvgIpc) is 2.77. The molecule has 7 nitrogen and oxygen atoms in total. The molecule has 3 rings (SSSR count). The Bertz CT molecular complexity index is 1400. The minimum absolute atomic E-state index is 0.0786. The number of carboxylic acids is 1. The van der Waals surface area contributed by atoms with Gasteiger partial charge in [0.2, 0.25) is 0 Å². The van der Waals surface area contributed by atoms with Crippen molar-refractivity contribution in [2.45, 2.75) is 17.2 Å². The van der Waals surface area contributed by atoms with Crippen LogP contribution < -0.4 is 10.0 Å². The third-order valence-electron chi connectivity index (χ3n) is 4.61. The fraction of sp³-hybridized carbons (Fsp3) is 0.0909. The van der Waals surface area contributed by atoms with Gasteiger partial charge in [-0.15, -0.1) is 0 Å². The summed E-state index contributed by atoms with van der Waals surface area (Å²) in [7, 11) is -4.73. The van der Waals surface area contributed by atoms with E-state index in [2.05, 4.69) is 5.32 Å². The van der Waals surface area contributed by atoms with Crippen LogP contribution in [-0.2, 0) is 22.4 Å². The Hall–Kier alpha value is -4.07. The molecule has 0 bridgehead atoms. The van der Waals surface area contributed by atoms with Crippen molar-refractivity contribution in [1.29, 1.82) is 0 Å². The van der Waals surface area contributed by atoms with Crippen LogP contribution in [0.1, 0.15) is 31.8 Å². The molecule has 0 atom stereocenters. The number of anilines is 2. The van der Waals surface area contributed by atoms with Gasteiger partial charge in [-0.25, -0.2) is 13.2 Å². The number of amides is 1. The van der Waals surface area contributed by atoms with Gasteiger partial charge in [0.1, 0.15) is 0 Å². The number of benzene rings is 3. The maximum Gasteiger partial charge on any atom is 0.416 e. The summed E-state index contributed by atoms with van der Waals surface area (Å²) in [5, 5.41) is 11.4. The first-order chi connectivity index (χ1) is 16.6. The molecule has 3 aromatic carbocycles. The van der Waals surface area contributed by atoms with E-state index in [-0.39, 0.29) is 35.0 Å². The van der Waals surface area contributed by atoms with E-state index < -0.39 is 56.0 Å². The molecule has 1 amide bonds. The monoisotopic (exact) mass is 532 g/mol.